The summed E-state index contributed by atoms with van der Waals surface area (Å²) < 4.78 is 60.9. The van der Waals surface area contributed by atoms with Gasteiger partial charge in [0.25, 0.3) is 11.8 Å². The molecule has 16 nitrogen and oxygen atoms in total. The lowest BCUT2D eigenvalue weighted by atomic mass is 9.96. The van der Waals surface area contributed by atoms with E-state index in [0.29, 0.717) is 4.90 Å². The number of hydrogen-bond acceptors (Lipinski definition) is 13. The van der Waals surface area contributed by atoms with Gasteiger partial charge in [0.05, 0.1) is 5.41 Å². The molecule has 0 bridgehead atoms. The summed E-state index contributed by atoms with van der Waals surface area (Å²) in [7, 11) is -9.10. The number of ether oxygens (including phenoxy) is 2. The fourth-order valence-corrected chi connectivity index (χ4v) is 7.37. The number of nitrogens with one attached hydrogen (secondary N) is 1. The van der Waals surface area contributed by atoms with E-state index in [2.05, 4.69) is 4.84 Å². The predicted molar refractivity (Wildman–Crippen MR) is 122 cm³/mol. The van der Waals surface area contributed by atoms with E-state index in [1.807, 2.05) is 4.72 Å². The molecule has 1 N–H and O–H groups in total. The van der Waals surface area contributed by atoms with E-state index < -0.39 is 95.7 Å². The largest absolute Gasteiger partial charge is 0.427 e. The first-order valence-corrected chi connectivity index (χ1v) is 14.4. The molecule has 0 aromatic rings. The van der Waals surface area contributed by atoms with Crippen LogP contribution in [0.4, 0.5) is 0 Å². The Morgan fingerprint density at radius 1 is 1.05 bits per heavy atom. The number of hydroxylamine groups is 2. The van der Waals surface area contributed by atoms with Gasteiger partial charge in [0.1, 0.15) is 16.8 Å². The van der Waals surface area contributed by atoms with Gasteiger partial charge in [-0.2, -0.15) is 4.72 Å². The van der Waals surface area contributed by atoms with E-state index in [4.69, 9.17) is 9.47 Å². The Labute approximate surface area is 217 Å². The van der Waals surface area contributed by atoms with Crippen molar-refractivity contribution in [2.75, 3.05) is 12.5 Å². The van der Waals surface area contributed by atoms with Gasteiger partial charge in [-0.3, -0.25) is 19.2 Å². The number of nitrogens with zero attached hydrogens (tertiary/aromatic N) is 2. The Morgan fingerprint density at radius 2 is 1.61 bits per heavy atom. The van der Waals surface area contributed by atoms with Crippen molar-refractivity contribution in [1.82, 2.24) is 14.7 Å². The molecule has 3 rings (SSSR count). The molecule has 0 radical (unpaired) electrons. The van der Waals surface area contributed by atoms with Crippen molar-refractivity contribution in [2.24, 2.45) is 5.41 Å². The SMILES string of the molecule is CC(C)(C)C(=O)OCOC(=O)[C@@H]1N2C(=O)[C@@H](NS(=O)(=O)CC(=O)ON3C(=O)CCC3=O)[C@H]2S(=O)(=O)C1(C)C. The minimum atomic E-state index is -4.71. The number of β-lactam (4-membered cyclic amide) rings is 1. The number of carbonyl (C=O) groups is 6. The first-order chi connectivity index (χ1) is 17.2. The number of esters is 2. The van der Waals surface area contributed by atoms with E-state index >= 15 is 0 Å². The summed E-state index contributed by atoms with van der Waals surface area (Å²) in [5.41, 5.74) is -0.906. The minimum Gasteiger partial charge on any atom is -0.427 e. The summed E-state index contributed by atoms with van der Waals surface area (Å²) in [6, 6.07) is -3.56. The van der Waals surface area contributed by atoms with Crippen molar-refractivity contribution in [3.8, 4) is 0 Å². The zero-order valence-corrected chi connectivity index (χ0v) is 22.7. The number of rotatable bonds is 8. The molecule has 3 aliphatic rings. The van der Waals surface area contributed by atoms with E-state index in [1.165, 1.54) is 0 Å². The fourth-order valence-electron chi connectivity index (χ4n) is 4.01. The van der Waals surface area contributed by atoms with Crippen molar-refractivity contribution < 1.29 is 59.9 Å². The van der Waals surface area contributed by atoms with Crippen LogP contribution in [0.5, 0.6) is 0 Å². The van der Waals surface area contributed by atoms with Gasteiger partial charge < -0.3 is 19.2 Å². The Balaban J connectivity index is 1.70. The van der Waals surface area contributed by atoms with Gasteiger partial charge in [-0.15, -0.1) is 5.06 Å². The van der Waals surface area contributed by atoms with Crippen LogP contribution in [0.15, 0.2) is 0 Å². The third-order valence-corrected chi connectivity index (χ3v) is 10.2. The van der Waals surface area contributed by atoms with Gasteiger partial charge in [-0.05, 0) is 34.6 Å². The Hall–Kier alpha value is -3.12. The minimum absolute atomic E-state index is 0.132. The molecule has 3 aliphatic heterocycles. The van der Waals surface area contributed by atoms with Crippen LogP contribution in [0.3, 0.4) is 0 Å². The molecule has 3 fully saturated rings. The Morgan fingerprint density at radius 3 is 2.13 bits per heavy atom. The highest BCUT2D eigenvalue weighted by Gasteiger charge is 2.73. The molecule has 3 atom stereocenters. The lowest BCUT2D eigenvalue weighted by Crippen LogP contribution is -2.72. The van der Waals surface area contributed by atoms with Gasteiger partial charge >= 0.3 is 17.9 Å². The topological polar surface area (TPSA) is 217 Å². The zero-order valence-electron chi connectivity index (χ0n) is 21.1. The summed E-state index contributed by atoms with van der Waals surface area (Å²) in [6.07, 6.45) is -0.442. The van der Waals surface area contributed by atoms with E-state index in [9.17, 15) is 45.6 Å². The highest BCUT2D eigenvalue weighted by molar-refractivity contribution is 7.94. The molecule has 3 heterocycles. The first-order valence-electron chi connectivity index (χ1n) is 11.2. The van der Waals surface area contributed by atoms with Crippen LogP contribution >= 0.6 is 0 Å². The second-order valence-corrected chi connectivity index (χ2v) is 14.7. The molecule has 212 valence electrons. The Kier molecular flexibility index (Phi) is 7.41. The van der Waals surface area contributed by atoms with Crippen LogP contribution in [0.1, 0.15) is 47.5 Å². The van der Waals surface area contributed by atoms with Crippen LogP contribution in [0.2, 0.25) is 0 Å². The molecule has 0 aromatic carbocycles. The molecule has 0 saturated carbocycles. The molecular formula is C20H27N3O13S2. The maximum Gasteiger partial charge on any atom is 0.349 e. The standard InChI is InChI=1S/C20H27N3O13S2/c1-19(2,3)18(29)35-9-34-17(28)14-20(4,5)38(32,33)16-13(15(27)22(14)16)21-37(30,31)8-12(26)36-23-10(24)6-7-11(23)25/h13-14,16,21H,6-9H2,1-5H3/t13-,14+,16-/m1/s1. The fraction of sp³-hybridized carbons (Fsp3) is 0.700. The Bertz CT molecular complexity index is 1300. The highest BCUT2D eigenvalue weighted by atomic mass is 32.2. The summed E-state index contributed by atoms with van der Waals surface area (Å²) in [4.78, 5) is 77.6. The van der Waals surface area contributed by atoms with Crippen molar-refractivity contribution >= 4 is 55.5 Å². The summed E-state index contributed by atoms with van der Waals surface area (Å²) in [6.45, 7) is 6.12. The van der Waals surface area contributed by atoms with Gasteiger partial charge in [0.2, 0.25) is 22.7 Å². The molecule has 0 spiro atoms. The number of amides is 3. The van der Waals surface area contributed by atoms with Crippen LogP contribution in [0.25, 0.3) is 0 Å². The highest BCUT2D eigenvalue weighted by Crippen LogP contribution is 2.46. The van der Waals surface area contributed by atoms with E-state index in [-0.39, 0.29) is 17.9 Å². The van der Waals surface area contributed by atoms with Gasteiger partial charge in [-0.1, -0.05) is 0 Å². The quantitative estimate of drug-likeness (QED) is 0.138. The van der Waals surface area contributed by atoms with Crippen LogP contribution in [-0.4, -0.2) is 97.2 Å². The van der Waals surface area contributed by atoms with Crippen LogP contribution < -0.4 is 4.72 Å². The smallest absolute Gasteiger partial charge is 0.349 e. The lowest BCUT2D eigenvalue weighted by Gasteiger charge is -2.42. The monoisotopic (exact) mass is 581 g/mol. The second kappa shape index (κ2) is 9.57. The zero-order chi connectivity index (χ0) is 29.0. The molecule has 0 aliphatic carbocycles. The van der Waals surface area contributed by atoms with Crippen molar-refractivity contribution in [2.45, 2.75) is 69.7 Å². The summed E-state index contributed by atoms with van der Waals surface area (Å²) >= 11 is 0. The number of fused-ring (bicyclic) bond motifs is 1. The predicted octanol–water partition coefficient (Wildman–Crippen LogP) is -2.28. The lowest BCUT2D eigenvalue weighted by molar-refractivity contribution is -0.195. The second-order valence-electron chi connectivity index (χ2n) is 10.3. The van der Waals surface area contributed by atoms with Crippen molar-refractivity contribution in [3.05, 3.63) is 0 Å². The average molecular weight is 582 g/mol. The number of imide groups is 1. The first kappa shape index (κ1) is 29.4. The van der Waals surface area contributed by atoms with Gasteiger partial charge in [0, 0.05) is 12.8 Å². The van der Waals surface area contributed by atoms with Crippen molar-refractivity contribution in [3.63, 3.8) is 0 Å². The van der Waals surface area contributed by atoms with Gasteiger partial charge in [-0.25, -0.2) is 26.4 Å². The summed E-state index contributed by atoms with van der Waals surface area (Å²) in [5.74, 6) is -7.62. The maximum atomic E-state index is 13.2. The molecule has 18 heteroatoms. The normalized spacial score (nSPS) is 26.0. The van der Waals surface area contributed by atoms with Crippen molar-refractivity contribution in [1.29, 1.82) is 0 Å². The number of carbonyl (C=O) groups excluding carboxylic acids is 6. The third-order valence-electron chi connectivity index (χ3n) is 6.11. The third kappa shape index (κ3) is 5.11. The maximum absolute atomic E-state index is 13.2. The molecule has 3 saturated heterocycles. The number of hydrogen-bond donors (Lipinski definition) is 1. The van der Waals surface area contributed by atoms with Crippen LogP contribution in [0, 0.1) is 5.41 Å². The van der Waals surface area contributed by atoms with Gasteiger partial charge in [0.15, 0.2) is 21.0 Å². The number of sulfonamides is 1. The van der Waals surface area contributed by atoms with E-state index in [0.717, 1.165) is 13.8 Å². The van der Waals surface area contributed by atoms with E-state index in [1.54, 1.807) is 20.8 Å². The van der Waals surface area contributed by atoms with Crippen LogP contribution in [-0.2, 0) is 62.9 Å². The molecule has 0 aromatic heterocycles. The molecule has 38 heavy (non-hydrogen) atoms. The summed E-state index contributed by atoms with van der Waals surface area (Å²) in [5, 5.41) is -1.67. The molecular weight excluding hydrogens is 554 g/mol. The molecule has 0 unspecified atom stereocenters. The number of sulfone groups is 1. The molecule has 3 amide bonds. The average Bonchev–Trinajstić information content (AvgIpc) is 3.14.